The van der Waals surface area contributed by atoms with Gasteiger partial charge in [-0.25, -0.2) is 0 Å². The molecule has 0 amide bonds. The number of unbranched alkanes of at least 4 members (excludes halogenated alkanes) is 26. The predicted molar refractivity (Wildman–Crippen MR) is 177 cm³/mol. The van der Waals surface area contributed by atoms with E-state index in [1.165, 1.54) is 167 Å². The third kappa shape index (κ3) is 27.8. The average Bonchev–Trinajstić information content (AvgIpc) is 2.97. The van der Waals surface area contributed by atoms with Crippen LogP contribution in [0.2, 0.25) is 0 Å². The van der Waals surface area contributed by atoms with E-state index in [2.05, 4.69) is 26.0 Å². The van der Waals surface area contributed by atoms with Crippen LogP contribution in [-0.4, -0.2) is 34.1 Å². The van der Waals surface area contributed by atoms with Crippen LogP contribution in [0.1, 0.15) is 200 Å². The number of aliphatic hydroxyl groups is 3. The Morgan fingerprint density at radius 2 is 0.775 bits per heavy atom. The van der Waals surface area contributed by atoms with Crippen molar-refractivity contribution in [2.24, 2.45) is 5.92 Å². The second-order valence-corrected chi connectivity index (χ2v) is 12.7. The van der Waals surface area contributed by atoms with Gasteiger partial charge in [-0.2, -0.15) is 0 Å². The Bertz CT molecular complexity index is 492. The van der Waals surface area contributed by atoms with Gasteiger partial charge in [-0.15, -0.1) is 0 Å². The maximum Gasteiger partial charge on any atom is 0.103 e. The standard InChI is InChI=1S/C37H74O3/c1-3-5-7-9-11-13-15-17-19-21-23-25-27-29-31-33-35(37(40)36(39)34-38)32-30-28-26-24-22-20-18-16-14-12-10-8-6-4-2/h31,33,35-40H,3-30,32,34H2,1-2H3/t35?,36-,37?/m0/s1. The summed E-state index contributed by atoms with van der Waals surface area (Å²) >= 11 is 0. The van der Waals surface area contributed by atoms with E-state index in [1.54, 1.807) is 0 Å². The van der Waals surface area contributed by atoms with Crippen molar-refractivity contribution in [3.05, 3.63) is 12.2 Å². The second-order valence-electron chi connectivity index (χ2n) is 12.7. The van der Waals surface area contributed by atoms with Crippen LogP contribution in [0.25, 0.3) is 0 Å². The summed E-state index contributed by atoms with van der Waals surface area (Å²) in [5, 5.41) is 29.9. The highest BCUT2D eigenvalue weighted by Gasteiger charge is 2.23. The Hall–Kier alpha value is -0.380. The van der Waals surface area contributed by atoms with Crippen LogP contribution >= 0.6 is 0 Å². The van der Waals surface area contributed by atoms with Crippen molar-refractivity contribution in [2.45, 2.75) is 212 Å². The highest BCUT2D eigenvalue weighted by Crippen LogP contribution is 2.21. The minimum Gasteiger partial charge on any atom is -0.394 e. The first-order valence-electron chi connectivity index (χ1n) is 18.3. The molecule has 3 nitrogen and oxygen atoms in total. The van der Waals surface area contributed by atoms with Gasteiger partial charge >= 0.3 is 0 Å². The lowest BCUT2D eigenvalue weighted by Crippen LogP contribution is -2.35. The van der Waals surface area contributed by atoms with Crippen molar-refractivity contribution in [3.8, 4) is 0 Å². The molecule has 0 fully saturated rings. The molecule has 0 saturated carbocycles. The maximum absolute atomic E-state index is 10.5. The van der Waals surface area contributed by atoms with Crippen molar-refractivity contribution in [1.82, 2.24) is 0 Å². The molecular formula is C37H74O3. The molecular weight excluding hydrogens is 492 g/mol. The fourth-order valence-corrected chi connectivity index (χ4v) is 5.90. The van der Waals surface area contributed by atoms with E-state index in [4.69, 9.17) is 0 Å². The Labute approximate surface area is 252 Å². The Morgan fingerprint density at radius 3 is 1.12 bits per heavy atom. The van der Waals surface area contributed by atoms with Gasteiger partial charge < -0.3 is 15.3 Å². The summed E-state index contributed by atoms with van der Waals surface area (Å²) in [6.45, 7) is 4.19. The van der Waals surface area contributed by atoms with Crippen molar-refractivity contribution >= 4 is 0 Å². The van der Waals surface area contributed by atoms with Crippen LogP contribution in [0.4, 0.5) is 0 Å². The normalized spacial score (nSPS) is 14.2. The third-order valence-corrected chi connectivity index (χ3v) is 8.77. The van der Waals surface area contributed by atoms with Crippen LogP contribution in [0.15, 0.2) is 12.2 Å². The van der Waals surface area contributed by atoms with Crippen LogP contribution < -0.4 is 0 Å². The van der Waals surface area contributed by atoms with E-state index in [9.17, 15) is 15.3 Å². The van der Waals surface area contributed by atoms with Crippen molar-refractivity contribution in [1.29, 1.82) is 0 Å². The molecule has 0 aromatic carbocycles. The Kier molecular flexibility index (Phi) is 32.8. The van der Waals surface area contributed by atoms with E-state index >= 15 is 0 Å². The predicted octanol–water partition coefficient (Wildman–Crippen LogP) is 11.2. The zero-order chi connectivity index (χ0) is 29.4. The lowest BCUT2D eigenvalue weighted by atomic mass is 9.91. The molecule has 0 aromatic heterocycles. The number of hydrogen-bond donors (Lipinski definition) is 3. The molecule has 2 unspecified atom stereocenters. The van der Waals surface area contributed by atoms with E-state index < -0.39 is 12.2 Å². The summed E-state index contributed by atoms with van der Waals surface area (Å²) in [5.74, 6) is -0.0542. The number of hydrogen-bond acceptors (Lipinski definition) is 3. The molecule has 0 aliphatic rings. The topological polar surface area (TPSA) is 60.7 Å². The SMILES string of the molecule is CCCCCCCCCCCCCCCC=CC(CCCCCCCCCCCCCCCC)C(O)[C@@H](O)CO. The van der Waals surface area contributed by atoms with Gasteiger partial charge in [0.15, 0.2) is 0 Å². The Morgan fingerprint density at radius 1 is 0.450 bits per heavy atom. The lowest BCUT2D eigenvalue weighted by molar-refractivity contribution is -0.0353. The molecule has 0 aliphatic heterocycles. The molecule has 0 rings (SSSR count). The number of rotatable bonds is 33. The summed E-state index contributed by atoms with van der Waals surface area (Å²) in [7, 11) is 0. The van der Waals surface area contributed by atoms with Crippen molar-refractivity contribution in [2.75, 3.05) is 6.61 Å². The van der Waals surface area contributed by atoms with Crippen LogP contribution in [0.3, 0.4) is 0 Å². The van der Waals surface area contributed by atoms with Gasteiger partial charge in [0.05, 0.1) is 12.7 Å². The minimum absolute atomic E-state index is 0.0542. The molecule has 0 heterocycles. The summed E-state index contributed by atoms with van der Waals surface area (Å²) in [5.41, 5.74) is 0. The fourth-order valence-electron chi connectivity index (χ4n) is 5.90. The maximum atomic E-state index is 10.5. The van der Waals surface area contributed by atoms with Crippen LogP contribution in [0.5, 0.6) is 0 Å². The zero-order valence-corrected chi connectivity index (χ0v) is 27.4. The molecule has 3 atom stereocenters. The number of aliphatic hydroxyl groups excluding tert-OH is 3. The van der Waals surface area contributed by atoms with E-state index in [0.717, 1.165) is 19.3 Å². The van der Waals surface area contributed by atoms with Gasteiger partial charge in [0.1, 0.15) is 6.10 Å². The first-order valence-corrected chi connectivity index (χ1v) is 18.3. The molecule has 40 heavy (non-hydrogen) atoms. The van der Waals surface area contributed by atoms with Crippen LogP contribution in [0, 0.1) is 5.92 Å². The van der Waals surface area contributed by atoms with Crippen LogP contribution in [-0.2, 0) is 0 Å². The van der Waals surface area contributed by atoms with Gasteiger partial charge in [-0.1, -0.05) is 193 Å². The highest BCUT2D eigenvalue weighted by atomic mass is 16.4. The molecule has 0 spiro atoms. The first-order chi connectivity index (χ1) is 19.7. The lowest BCUT2D eigenvalue weighted by Gasteiger charge is -2.23. The van der Waals surface area contributed by atoms with E-state index in [1.807, 2.05) is 0 Å². The molecule has 240 valence electrons. The molecule has 0 radical (unpaired) electrons. The molecule has 0 aromatic rings. The number of allylic oxidation sites excluding steroid dienone is 1. The molecule has 3 N–H and O–H groups in total. The monoisotopic (exact) mass is 567 g/mol. The molecule has 3 heteroatoms. The first kappa shape index (κ1) is 39.6. The van der Waals surface area contributed by atoms with Crippen molar-refractivity contribution in [3.63, 3.8) is 0 Å². The summed E-state index contributed by atoms with van der Waals surface area (Å²) < 4.78 is 0. The minimum atomic E-state index is -1.04. The average molecular weight is 567 g/mol. The van der Waals surface area contributed by atoms with Gasteiger partial charge in [0, 0.05) is 5.92 Å². The van der Waals surface area contributed by atoms with Gasteiger partial charge in [0.2, 0.25) is 0 Å². The summed E-state index contributed by atoms with van der Waals surface area (Å²) in [4.78, 5) is 0. The molecule has 0 aliphatic carbocycles. The largest absolute Gasteiger partial charge is 0.394 e. The third-order valence-electron chi connectivity index (χ3n) is 8.77. The Balaban J connectivity index is 3.80. The van der Waals surface area contributed by atoms with Gasteiger partial charge in [0.25, 0.3) is 0 Å². The highest BCUT2D eigenvalue weighted by molar-refractivity contribution is 4.94. The van der Waals surface area contributed by atoms with Crippen molar-refractivity contribution < 1.29 is 15.3 Å². The molecule has 0 bridgehead atoms. The zero-order valence-electron chi connectivity index (χ0n) is 27.4. The van der Waals surface area contributed by atoms with Gasteiger partial charge in [-0.05, 0) is 19.3 Å². The van der Waals surface area contributed by atoms with E-state index in [0.29, 0.717) is 0 Å². The second kappa shape index (κ2) is 33.1. The quantitative estimate of drug-likeness (QED) is 0.0547. The fraction of sp³-hybridized carbons (Fsp3) is 0.946. The molecule has 0 saturated heterocycles. The van der Waals surface area contributed by atoms with Gasteiger partial charge in [-0.3, -0.25) is 0 Å². The summed E-state index contributed by atoms with van der Waals surface area (Å²) in [6.07, 6.45) is 41.0. The summed E-state index contributed by atoms with van der Waals surface area (Å²) in [6, 6.07) is 0. The smallest absolute Gasteiger partial charge is 0.103 e. The van der Waals surface area contributed by atoms with E-state index in [-0.39, 0.29) is 12.5 Å².